The molecular weight excluding hydrogens is 232 g/mol. The van der Waals surface area contributed by atoms with Gasteiger partial charge in [-0.3, -0.25) is 10.1 Å². The number of hydrogen-bond donors (Lipinski definition) is 2. The number of rotatable bonds is 4. The molecule has 0 saturated carbocycles. The van der Waals surface area contributed by atoms with Crippen molar-refractivity contribution in [3.63, 3.8) is 0 Å². The lowest BCUT2D eigenvalue weighted by molar-refractivity contribution is -0.384. The fraction of sp³-hybridized carbons (Fsp3) is 0.250. The van der Waals surface area contributed by atoms with Gasteiger partial charge in [-0.05, 0) is 19.4 Å². The van der Waals surface area contributed by atoms with Crippen LogP contribution in [-0.4, -0.2) is 14.9 Å². The van der Waals surface area contributed by atoms with E-state index in [1.807, 2.05) is 13.8 Å². The number of aromatic nitrogens is 2. The maximum atomic E-state index is 10.7. The highest BCUT2D eigenvalue weighted by Gasteiger charge is 2.12. The molecule has 0 aliphatic heterocycles. The Kier molecular flexibility index (Phi) is 3.27. The molecule has 18 heavy (non-hydrogen) atoms. The van der Waals surface area contributed by atoms with Crippen LogP contribution in [0.5, 0.6) is 0 Å². The molecule has 0 fully saturated rings. The zero-order chi connectivity index (χ0) is 13.1. The summed E-state index contributed by atoms with van der Waals surface area (Å²) < 4.78 is 0. The Morgan fingerprint density at radius 2 is 2.28 bits per heavy atom. The van der Waals surface area contributed by atoms with E-state index in [2.05, 4.69) is 15.3 Å². The van der Waals surface area contributed by atoms with Gasteiger partial charge in [-0.1, -0.05) is 6.07 Å². The number of nitrogens with one attached hydrogen (secondary N) is 2. The fourth-order valence-electron chi connectivity index (χ4n) is 1.69. The topological polar surface area (TPSA) is 83.8 Å². The average Bonchev–Trinajstić information content (AvgIpc) is 2.85. The van der Waals surface area contributed by atoms with Crippen LogP contribution in [0.4, 0.5) is 11.4 Å². The summed E-state index contributed by atoms with van der Waals surface area (Å²) in [7, 11) is 0. The Hall–Kier alpha value is -2.37. The van der Waals surface area contributed by atoms with Crippen molar-refractivity contribution in [2.45, 2.75) is 19.9 Å². The normalized spacial score (nSPS) is 12.1. The van der Waals surface area contributed by atoms with E-state index in [-0.39, 0.29) is 11.7 Å². The first-order chi connectivity index (χ1) is 8.58. The number of nitrogens with zero attached hydrogens (tertiary/aromatic N) is 2. The van der Waals surface area contributed by atoms with Gasteiger partial charge in [0.1, 0.15) is 5.82 Å². The van der Waals surface area contributed by atoms with Crippen molar-refractivity contribution >= 4 is 11.4 Å². The molecule has 2 aromatic rings. The third-order valence-electron chi connectivity index (χ3n) is 2.73. The molecular formula is C12H14N4O2. The summed E-state index contributed by atoms with van der Waals surface area (Å²) in [6.07, 6.45) is 3.42. The largest absolute Gasteiger partial charge is 0.375 e. The van der Waals surface area contributed by atoms with E-state index in [0.717, 1.165) is 17.1 Å². The molecule has 94 valence electrons. The second-order valence-corrected chi connectivity index (χ2v) is 4.10. The van der Waals surface area contributed by atoms with Crippen molar-refractivity contribution in [1.82, 2.24) is 9.97 Å². The number of H-pyrrole nitrogens is 1. The van der Waals surface area contributed by atoms with Crippen molar-refractivity contribution in [3.8, 4) is 0 Å². The van der Waals surface area contributed by atoms with E-state index < -0.39 is 4.92 Å². The molecule has 1 heterocycles. The summed E-state index contributed by atoms with van der Waals surface area (Å²) in [6.45, 7) is 3.85. The summed E-state index contributed by atoms with van der Waals surface area (Å²) in [4.78, 5) is 17.5. The monoisotopic (exact) mass is 246 g/mol. The van der Waals surface area contributed by atoms with Crippen LogP contribution >= 0.6 is 0 Å². The molecule has 1 aromatic carbocycles. The number of nitro groups is 1. The van der Waals surface area contributed by atoms with Crippen LogP contribution in [0, 0.1) is 17.0 Å². The molecule has 2 N–H and O–H groups in total. The SMILES string of the molecule is Cc1ccc([N+](=O)[O-])cc1NC(C)c1ncc[nH]1. The first-order valence-corrected chi connectivity index (χ1v) is 5.59. The Morgan fingerprint density at radius 1 is 1.50 bits per heavy atom. The van der Waals surface area contributed by atoms with Gasteiger partial charge in [0.15, 0.2) is 0 Å². The van der Waals surface area contributed by atoms with Crippen molar-refractivity contribution in [3.05, 3.63) is 52.1 Å². The highest BCUT2D eigenvalue weighted by Crippen LogP contribution is 2.25. The molecule has 1 unspecified atom stereocenters. The predicted octanol–water partition coefficient (Wildman–Crippen LogP) is 2.80. The minimum atomic E-state index is -0.401. The lowest BCUT2D eigenvalue weighted by Gasteiger charge is -2.14. The second-order valence-electron chi connectivity index (χ2n) is 4.10. The summed E-state index contributed by atoms with van der Waals surface area (Å²) in [5.41, 5.74) is 1.78. The molecule has 0 aliphatic carbocycles. The van der Waals surface area contributed by atoms with Crippen molar-refractivity contribution < 1.29 is 4.92 Å². The molecule has 0 spiro atoms. The highest BCUT2D eigenvalue weighted by atomic mass is 16.6. The van der Waals surface area contributed by atoms with Crippen molar-refractivity contribution in [2.24, 2.45) is 0 Å². The molecule has 1 aromatic heterocycles. The van der Waals surface area contributed by atoms with E-state index in [4.69, 9.17) is 0 Å². The summed E-state index contributed by atoms with van der Waals surface area (Å²) in [5.74, 6) is 0.793. The standard InChI is InChI=1S/C12H14N4O2/c1-8-3-4-10(16(17)18)7-11(8)15-9(2)12-13-5-6-14-12/h3-7,9,15H,1-2H3,(H,13,14). The molecule has 0 bridgehead atoms. The lowest BCUT2D eigenvalue weighted by atomic mass is 10.1. The van der Waals surface area contributed by atoms with E-state index in [1.54, 1.807) is 18.5 Å². The van der Waals surface area contributed by atoms with Crippen LogP contribution in [0.15, 0.2) is 30.6 Å². The van der Waals surface area contributed by atoms with Gasteiger partial charge in [-0.25, -0.2) is 4.98 Å². The Bertz CT molecular complexity index is 551. The first kappa shape index (κ1) is 12.1. The van der Waals surface area contributed by atoms with Crippen LogP contribution in [-0.2, 0) is 0 Å². The van der Waals surface area contributed by atoms with Crippen LogP contribution in [0.3, 0.4) is 0 Å². The van der Waals surface area contributed by atoms with Crippen LogP contribution in [0.1, 0.15) is 24.4 Å². The maximum Gasteiger partial charge on any atom is 0.271 e. The van der Waals surface area contributed by atoms with Gasteiger partial charge in [0.25, 0.3) is 5.69 Å². The molecule has 6 heteroatoms. The second kappa shape index (κ2) is 4.87. The number of hydrogen-bond acceptors (Lipinski definition) is 4. The number of benzene rings is 1. The number of aromatic amines is 1. The highest BCUT2D eigenvalue weighted by molar-refractivity contribution is 5.57. The zero-order valence-electron chi connectivity index (χ0n) is 10.2. The maximum absolute atomic E-state index is 10.7. The van der Waals surface area contributed by atoms with Crippen molar-refractivity contribution in [1.29, 1.82) is 0 Å². The number of imidazole rings is 1. The first-order valence-electron chi connectivity index (χ1n) is 5.59. The molecule has 0 aliphatic rings. The quantitative estimate of drug-likeness (QED) is 0.641. The average molecular weight is 246 g/mol. The molecule has 0 amide bonds. The summed E-state index contributed by atoms with van der Waals surface area (Å²) in [6, 6.07) is 4.73. The molecule has 0 radical (unpaired) electrons. The number of nitro benzene ring substituents is 1. The fourth-order valence-corrected chi connectivity index (χ4v) is 1.69. The Morgan fingerprint density at radius 3 is 2.89 bits per heavy atom. The van der Waals surface area contributed by atoms with Gasteiger partial charge < -0.3 is 10.3 Å². The van der Waals surface area contributed by atoms with Crippen LogP contribution < -0.4 is 5.32 Å². The van der Waals surface area contributed by atoms with E-state index in [0.29, 0.717) is 0 Å². The summed E-state index contributed by atoms with van der Waals surface area (Å²) in [5, 5.41) is 13.9. The van der Waals surface area contributed by atoms with Crippen LogP contribution in [0.25, 0.3) is 0 Å². The molecule has 2 rings (SSSR count). The molecule has 0 saturated heterocycles. The van der Waals surface area contributed by atoms with Crippen LogP contribution in [0.2, 0.25) is 0 Å². The van der Waals surface area contributed by atoms with Gasteiger partial charge in [0.05, 0.1) is 11.0 Å². The molecule has 6 nitrogen and oxygen atoms in total. The van der Waals surface area contributed by atoms with E-state index in [9.17, 15) is 10.1 Å². The van der Waals surface area contributed by atoms with Gasteiger partial charge in [-0.2, -0.15) is 0 Å². The number of aryl methyl sites for hydroxylation is 1. The Labute approximate surface area is 104 Å². The number of non-ortho nitro benzene ring substituents is 1. The minimum Gasteiger partial charge on any atom is -0.375 e. The third-order valence-corrected chi connectivity index (χ3v) is 2.73. The van der Waals surface area contributed by atoms with Gasteiger partial charge in [0.2, 0.25) is 0 Å². The van der Waals surface area contributed by atoms with E-state index >= 15 is 0 Å². The Balaban J connectivity index is 2.23. The van der Waals surface area contributed by atoms with Gasteiger partial charge in [0, 0.05) is 30.2 Å². The number of anilines is 1. The third kappa shape index (κ3) is 2.48. The van der Waals surface area contributed by atoms with E-state index in [1.165, 1.54) is 12.1 Å². The summed E-state index contributed by atoms with van der Waals surface area (Å²) >= 11 is 0. The minimum absolute atomic E-state index is 0.0410. The van der Waals surface area contributed by atoms with Gasteiger partial charge in [-0.15, -0.1) is 0 Å². The van der Waals surface area contributed by atoms with Crippen molar-refractivity contribution in [2.75, 3.05) is 5.32 Å². The zero-order valence-corrected chi connectivity index (χ0v) is 10.2. The predicted molar refractivity (Wildman–Crippen MR) is 68.5 cm³/mol. The lowest BCUT2D eigenvalue weighted by Crippen LogP contribution is -2.09. The van der Waals surface area contributed by atoms with Gasteiger partial charge >= 0.3 is 0 Å². The smallest absolute Gasteiger partial charge is 0.271 e. The molecule has 1 atom stereocenters.